The quantitative estimate of drug-likeness (QED) is 0.669. The highest BCUT2D eigenvalue weighted by atomic mass is 32.2. The van der Waals surface area contributed by atoms with Crippen molar-refractivity contribution in [2.24, 2.45) is 5.73 Å². The van der Waals surface area contributed by atoms with Crippen LogP contribution in [-0.2, 0) is 9.84 Å². The van der Waals surface area contributed by atoms with Gasteiger partial charge in [-0.3, -0.25) is 0 Å². The van der Waals surface area contributed by atoms with Gasteiger partial charge in [0, 0.05) is 6.04 Å². The van der Waals surface area contributed by atoms with E-state index in [0.29, 0.717) is 5.56 Å². The molecule has 0 spiro atoms. The number of halogens is 1. The Kier molecular flexibility index (Phi) is 1.68. The molecule has 0 saturated heterocycles. The van der Waals surface area contributed by atoms with Crippen molar-refractivity contribution in [3.8, 4) is 0 Å². The summed E-state index contributed by atoms with van der Waals surface area (Å²) < 4.78 is 35.9. The summed E-state index contributed by atoms with van der Waals surface area (Å²) in [4.78, 5) is -0.220. The summed E-state index contributed by atoms with van der Waals surface area (Å²) >= 11 is 0. The summed E-state index contributed by atoms with van der Waals surface area (Å²) in [5, 5.41) is 0. The molecule has 0 aliphatic carbocycles. The third-order valence-corrected chi connectivity index (χ3v) is 3.96. The summed E-state index contributed by atoms with van der Waals surface area (Å²) in [6.07, 6.45) is 0. The van der Waals surface area contributed by atoms with E-state index in [4.69, 9.17) is 5.73 Å². The minimum Gasteiger partial charge on any atom is -0.323 e. The van der Waals surface area contributed by atoms with Crippen LogP contribution < -0.4 is 5.73 Å². The van der Waals surface area contributed by atoms with Gasteiger partial charge in [-0.2, -0.15) is 0 Å². The van der Waals surface area contributed by atoms with Gasteiger partial charge in [-0.1, -0.05) is 12.1 Å². The zero-order chi connectivity index (χ0) is 9.64. The Hall–Kier alpha value is -0.940. The van der Waals surface area contributed by atoms with E-state index in [2.05, 4.69) is 0 Å². The minimum absolute atomic E-state index is 0.191. The fourth-order valence-corrected chi connectivity index (χ4v) is 3.32. The van der Waals surface area contributed by atoms with Crippen LogP contribution in [0.4, 0.5) is 4.39 Å². The van der Waals surface area contributed by atoms with E-state index in [1.807, 2.05) is 0 Å². The van der Waals surface area contributed by atoms with Crippen molar-refractivity contribution in [3.05, 3.63) is 29.6 Å². The summed E-state index contributed by atoms with van der Waals surface area (Å²) in [5.41, 5.74) is 5.93. The van der Waals surface area contributed by atoms with Crippen molar-refractivity contribution < 1.29 is 12.8 Å². The topological polar surface area (TPSA) is 60.2 Å². The molecule has 70 valence electrons. The maximum Gasteiger partial charge on any atom is 0.183 e. The highest BCUT2D eigenvalue weighted by molar-refractivity contribution is 7.91. The zero-order valence-electron chi connectivity index (χ0n) is 6.70. The zero-order valence-corrected chi connectivity index (χ0v) is 7.51. The molecule has 5 heteroatoms. The Morgan fingerprint density at radius 2 is 2.15 bits per heavy atom. The summed E-state index contributed by atoms with van der Waals surface area (Å²) in [7, 11) is -3.49. The van der Waals surface area contributed by atoms with E-state index in [1.165, 1.54) is 6.07 Å². The normalized spacial score (nSPS) is 24.3. The summed E-state index contributed by atoms with van der Waals surface area (Å²) in [5.74, 6) is -0.894. The lowest BCUT2D eigenvalue weighted by atomic mass is 10.1. The average Bonchev–Trinajstić information content (AvgIpc) is 2.24. The largest absolute Gasteiger partial charge is 0.323 e. The molecule has 13 heavy (non-hydrogen) atoms. The number of benzene rings is 1. The molecule has 1 heterocycles. The van der Waals surface area contributed by atoms with E-state index < -0.39 is 21.7 Å². The van der Waals surface area contributed by atoms with Gasteiger partial charge in [0.1, 0.15) is 10.7 Å². The lowest BCUT2D eigenvalue weighted by Crippen LogP contribution is -2.11. The van der Waals surface area contributed by atoms with Crippen molar-refractivity contribution in [1.29, 1.82) is 0 Å². The van der Waals surface area contributed by atoms with Crippen LogP contribution >= 0.6 is 0 Å². The molecular weight excluding hydrogens is 193 g/mol. The van der Waals surface area contributed by atoms with Crippen LogP contribution in [0.1, 0.15) is 11.6 Å². The second-order valence-electron chi connectivity index (χ2n) is 3.05. The molecule has 0 fully saturated rings. The maximum atomic E-state index is 13.1. The SMILES string of the molecule is NC1CS(=O)(=O)c2c(F)cccc21. The highest BCUT2D eigenvalue weighted by Gasteiger charge is 2.34. The second-order valence-corrected chi connectivity index (χ2v) is 5.02. The first-order valence-corrected chi connectivity index (χ1v) is 5.44. The molecule has 1 aliphatic heterocycles. The van der Waals surface area contributed by atoms with E-state index in [-0.39, 0.29) is 10.6 Å². The van der Waals surface area contributed by atoms with Crippen molar-refractivity contribution in [2.45, 2.75) is 10.9 Å². The minimum atomic E-state index is -3.49. The van der Waals surface area contributed by atoms with Gasteiger partial charge < -0.3 is 5.73 Å². The van der Waals surface area contributed by atoms with Gasteiger partial charge in [0.15, 0.2) is 9.84 Å². The Labute approximate surface area is 75.3 Å². The smallest absolute Gasteiger partial charge is 0.183 e. The number of sulfone groups is 1. The molecule has 0 amide bonds. The predicted molar refractivity (Wildman–Crippen MR) is 45.4 cm³/mol. The monoisotopic (exact) mass is 201 g/mol. The van der Waals surface area contributed by atoms with Crippen molar-refractivity contribution >= 4 is 9.84 Å². The molecule has 1 atom stereocenters. The van der Waals surface area contributed by atoms with Crippen LogP contribution in [0, 0.1) is 5.82 Å². The number of rotatable bonds is 0. The summed E-state index contributed by atoms with van der Waals surface area (Å²) in [6, 6.07) is 3.56. The maximum absolute atomic E-state index is 13.1. The molecule has 0 radical (unpaired) electrons. The number of fused-ring (bicyclic) bond motifs is 1. The molecule has 2 N–H and O–H groups in total. The molecule has 2 rings (SSSR count). The van der Waals surface area contributed by atoms with Crippen LogP contribution in [0.5, 0.6) is 0 Å². The molecular formula is C8H8FNO2S. The summed E-state index contributed by atoms with van der Waals surface area (Å²) in [6.45, 7) is 0. The lowest BCUT2D eigenvalue weighted by molar-refractivity contribution is 0.571. The Morgan fingerprint density at radius 1 is 1.46 bits per heavy atom. The van der Waals surface area contributed by atoms with Crippen LogP contribution in [-0.4, -0.2) is 14.2 Å². The van der Waals surface area contributed by atoms with E-state index in [9.17, 15) is 12.8 Å². The third kappa shape index (κ3) is 1.15. The molecule has 3 nitrogen and oxygen atoms in total. The standard InChI is InChI=1S/C8H8FNO2S/c9-6-3-1-2-5-7(10)4-13(11,12)8(5)6/h1-3,7H,4,10H2. The Bertz CT molecular complexity index is 455. The molecule has 1 aromatic carbocycles. The van der Waals surface area contributed by atoms with Gasteiger partial charge in [0.25, 0.3) is 0 Å². The molecule has 1 aromatic rings. The predicted octanol–water partition coefficient (Wildman–Crippen LogP) is 0.613. The van der Waals surface area contributed by atoms with Crippen molar-refractivity contribution in [2.75, 3.05) is 5.75 Å². The van der Waals surface area contributed by atoms with Gasteiger partial charge in [0.05, 0.1) is 5.75 Å². The molecule has 1 unspecified atom stereocenters. The molecule has 0 saturated carbocycles. The van der Waals surface area contributed by atoms with Gasteiger partial charge in [-0.25, -0.2) is 12.8 Å². The lowest BCUT2D eigenvalue weighted by Gasteiger charge is -2.00. The molecule has 0 bridgehead atoms. The van der Waals surface area contributed by atoms with Crippen LogP contribution in [0.3, 0.4) is 0 Å². The molecule has 0 aromatic heterocycles. The first kappa shape index (κ1) is 8.65. The van der Waals surface area contributed by atoms with Gasteiger partial charge >= 0.3 is 0 Å². The highest BCUT2D eigenvalue weighted by Crippen LogP contribution is 2.33. The Balaban J connectivity index is 2.81. The number of hydrogen-bond acceptors (Lipinski definition) is 3. The Morgan fingerprint density at radius 3 is 2.77 bits per heavy atom. The second kappa shape index (κ2) is 2.52. The van der Waals surface area contributed by atoms with E-state index >= 15 is 0 Å². The van der Waals surface area contributed by atoms with Gasteiger partial charge in [-0.15, -0.1) is 0 Å². The van der Waals surface area contributed by atoms with Gasteiger partial charge in [0.2, 0.25) is 0 Å². The van der Waals surface area contributed by atoms with E-state index in [1.54, 1.807) is 6.07 Å². The van der Waals surface area contributed by atoms with Crippen LogP contribution in [0.2, 0.25) is 0 Å². The first-order valence-electron chi connectivity index (χ1n) is 3.79. The fourth-order valence-electron chi connectivity index (χ4n) is 1.56. The third-order valence-electron chi connectivity index (χ3n) is 2.11. The number of nitrogens with two attached hydrogens (primary N) is 1. The molecule has 1 aliphatic rings. The van der Waals surface area contributed by atoms with E-state index in [0.717, 1.165) is 6.07 Å². The van der Waals surface area contributed by atoms with Crippen LogP contribution in [0.15, 0.2) is 23.1 Å². The van der Waals surface area contributed by atoms with Crippen LogP contribution in [0.25, 0.3) is 0 Å². The first-order chi connectivity index (χ1) is 6.02. The van der Waals surface area contributed by atoms with Crippen molar-refractivity contribution in [1.82, 2.24) is 0 Å². The van der Waals surface area contributed by atoms with Crippen molar-refractivity contribution in [3.63, 3.8) is 0 Å². The fraction of sp³-hybridized carbons (Fsp3) is 0.250. The average molecular weight is 201 g/mol. The van der Waals surface area contributed by atoms with Gasteiger partial charge in [-0.05, 0) is 11.6 Å². The number of hydrogen-bond donors (Lipinski definition) is 1.